The van der Waals surface area contributed by atoms with E-state index in [2.05, 4.69) is 34.3 Å². The first-order valence-corrected chi connectivity index (χ1v) is 7.96. The van der Waals surface area contributed by atoms with Gasteiger partial charge in [0.15, 0.2) is 0 Å². The molecule has 23 heavy (non-hydrogen) atoms. The van der Waals surface area contributed by atoms with E-state index in [0.717, 1.165) is 49.1 Å². The topological polar surface area (TPSA) is 46.6 Å². The summed E-state index contributed by atoms with van der Waals surface area (Å²) in [5, 5.41) is 3.43. The number of benzene rings is 1. The number of nitrogens with one attached hydrogen (secondary N) is 1. The molecule has 1 saturated heterocycles. The molecule has 1 aromatic carbocycles. The first kappa shape index (κ1) is 15.6. The van der Waals surface area contributed by atoms with Crippen molar-refractivity contribution < 1.29 is 9.47 Å². The highest BCUT2D eigenvalue weighted by molar-refractivity contribution is 5.51. The molecule has 5 nitrogen and oxygen atoms in total. The highest BCUT2D eigenvalue weighted by Gasteiger charge is 2.13. The maximum absolute atomic E-state index is 5.42. The Hall–Kier alpha value is -2.27. The third-order valence-electron chi connectivity index (χ3n) is 4.09. The van der Waals surface area contributed by atoms with Gasteiger partial charge in [-0.25, -0.2) is 4.98 Å². The predicted octanol–water partition coefficient (Wildman–Crippen LogP) is 3.10. The average molecular weight is 313 g/mol. The molecule has 0 saturated carbocycles. The van der Waals surface area contributed by atoms with Gasteiger partial charge in [-0.2, -0.15) is 0 Å². The Labute approximate surface area is 137 Å². The number of morpholine rings is 1. The van der Waals surface area contributed by atoms with Crippen LogP contribution in [-0.2, 0) is 4.74 Å². The van der Waals surface area contributed by atoms with Crippen LogP contribution in [0.3, 0.4) is 0 Å². The molecule has 3 rings (SSSR count). The van der Waals surface area contributed by atoms with Crippen LogP contribution in [0.4, 0.5) is 11.5 Å². The highest BCUT2D eigenvalue weighted by atomic mass is 16.5. The fraction of sp³-hybridized carbons (Fsp3) is 0.389. The number of nitrogens with zero attached hydrogens (tertiary/aromatic N) is 2. The quantitative estimate of drug-likeness (QED) is 0.919. The minimum Gasteiger partial charge on any atom is -0.496 e. The Kier molecular flexibility index (Phi) is 4.98. The lowest BCUT2D eigenvalue weighted by molar-refractivity contribution is 0.122. The van der Waals surface area contributed by atoms with E-state index in [-0.39, 0.29) is 6.04 Å². The smallest absolute Gasteiger partial charge is 0.126 e. The van der Waals surface area contributed by atoms with Crippen LogP contribution < -0.4 is 15.0 Å². The zero-order chi connectivity index (χ0) is 16.1. The summed E-state index contributed by atoms with van der Waals surface area (Å²) in [6.45, 7) is 5.52. The average Bonchev–Trinajstić information content (AvgIpc) is 2.63. The van der Waals surface area contributed by atoms with Crippen molar-refractivity contribution in [2.45, 2.75) is 13.0 Å². The maximum Gasteiger partial charge on any atom is 0.126 e. The summed E-state index contributed by atoms with van der Waals surface area (Å²) in [6, 6.07) is 12.3. The van der Waals surface area contributed by atoms with Gasteiger partial charge in [-0.15, -0.1) is 0 Å². The molecule has 0 bridgehead atoms. The fourth-order valence-corrected chi connectivity index (χ4v) is 2.80. The van der Waals surface area contributed by atoms with E-state index < -0.39 is 0 Å². The molecule has 0 spiro atoms. The van der Waals surface area contributed by atoms with Crippen LogP contribution in [-0.4, -0.2) is 38.4 Å². The summed E-state index contributed by atoms with van der Waals surface area (Å²) in [7, 11) is 1.70. The van der Waals surface area contributed by atoms with Crippen molar-refractivity contribution in [3.8, 4) is 5.75 Å². The van der Waals surface area contributed by atoms with E-state index in [1.807, 2.05) is 30.5 Å². The van der Waals surface area contributed by atoms with E-state index in [1.165, 1.54) is 0 Å². The first-order chi connectivity index (χ1) is 11.3. The van der Waals surface area contributed by atoms with Crippen molar-refractivity contribution in [1.82, 2.24) is 4.98 Å². The summed E-state index contributed by atoms with van der Waals surface area (Å²) in [5.41, 5.74) is 2.26. The normalized spacial score (nSPS) is 16.0. The summed E-state index contributed by atoms with van der Waals surface area (Å²) in [6.07, 6.45) is 1.92. The Morgan fingerprint density at radius 2 is 1.96 bits per heavy atom. The molecule has 5 heteroatoms. The van der Waals surface area contributed by atoms with Gasteiger partial charge in [0.1, 0.15) is 11.6 Å². The summed E-state index contributed by atoms with van der Waals surface area (Å²) in [5.74, 6) is 1.75. The molecule has 1 aliphatic heterocycles. The molecule has 2 aromatic rings. The van der Waals surface area contributed by atoms with Crippen LogP contribution in [0.15, 0.2) is 42.6 Å². The van der Waals surface area contributed by atoms with E-state index >= 15 is 0 Å². The fourth-order valence-electron chi connectivity index (χ4n) is 2.80. The molecule has 1 aliphatic rings. The number of rotatable bonds is 5. The highest BCUT2D eigenvalue weighted by Crippen LogP contribution is 2.27. The molecule has 0 aliphatic carbocycles. The van der Waals surface area contributed by atoms with Crippen LogP contribution in [0.5, 0.6) is 5.75 Å². The lowest BCUT2D eigenvalue weighted by Gasteiger charge is -2.28. The number of ether oxygens (including phenoxy) is 2. The van der Waals surface area contributed by atoms with Crippen LogP contribution >= 0.6 is 0 Å². The van der Waals surface area contributed by atoms with Gasteiger partial charge in [-0.05, 0) is 25.1 Å². The zero-order valence-corrected chi connectivity index (χ0v) is 13.7. The number of methoxy groups -OCH3 is 1. The predicted molar refractivity (Wildman–Crippen MR) is 92.3 cm³/mol. The second kappa shape index (κ2) is 7.33. The van der Waals surface area contributed by atoms with Crippen LogP contribution in [0.1, 0.15) is 18.5 Å². The van der Waals surface area contributed by atoms with Crippen molar-refractivity contribution in [2.24, 2.45) is 0 Å². The van der Waals surface area contributed by atoms with Gasteiger partial charge in [0, 0.05) is 18.7 Å². The third-order valence-corrected chi connectivity index (χ3v) is 4.09. The van der Waals surface area contributed by atoms with Gasteiger partial charge in [0.2, 0.25) is 0 Å². The Balaban J connectivity index is 1.68. The summed E-state index contributed by atoms with van der Waals surface area (Å²) >= 11 is 0. The molecule has 0 amide bonds. The third kappa shape index (κ3) is 3.74. The molecule has 1 aromatic heterocycles. The number of para-hydroxylation sites is 1. The maximum atomic E-state index is 5.42. The molecular formula is C18H23N3O2. The Morgan fingerprint density at radius 1 is 1.17 bits per heavy atom. The van der Waals surface area contributed by atoms with E-state index in [4.69, 9.17) is 9.47 Å². The largest absolute Gasteiger partial charge is 0.496 e. The van der Waals surface area contributed by atoms with E-state index in [0.29, 0.717) is 0 Å². The number of hydrogen-bond acceptors (Lipinski definition) is 5. The minimum atomic E-state index is 0.118. The molecule has 0 unspecified atom stereocenters. The van der Waals surface area contributed by atoms with E-state index in [9.17, 15) is 0 Å². The Bertz CT molecular complexity index is 624. The molecule has 1 fully saturated rings. The number of aromatic nitrogens is 1. The van der Waals surface area contributed by atoms with Crippen molar-refractivity contribution in [3.63, 3.8) is 0 Å². The van der Waals surface area contributed by atoms with Gasteiger partial charge >= 0.3 is 0 Å². The van der Waals surface area contributed by atoms with Crippen LogP contribution in [0.25, 0.3) is 0 Å². The minimum absolute atomic E-state index is 0.118. The SMILES string of the molecule is COc1ccccc1[C@@H](C)Nc1ccc(N2CCOCC2)cn1. The molecule has 0 radical (unpaired) electrons. The number of hydrogen-bond donors (Lipinski definition) is 1. The summed E-state index contributed by atoms with van der Waals surface area (Å²) < 4.78 is 10.8. The van der Waals surface area contributed by atoms with E-state index in [1.54, 1.807) is 7.11 Å². The van der Waals surface area contributed by atoms with Gasteiger partial charge < -0.3 is 19.7 Å². The van der Waals surface area contributed by atoms with Gasteiger partial charge in [-0.1, -0.05) is 18.2 Å². The monoisotopic (exact) mass is 313 g/mol. The van der Waals surface area contributed by atoms with Gasteiger partial charge in [-0.3, -0.25) is 0 Å². The number of pyridine rings is 1. The molecule has 1 atom stereocenters. The second-order valence-corrected chi connectivity index (χ2v) is 5.61. The Morgan fingerprint density at radius 3 is 2.65 bits per heavy atom. The number of anilines is 2. The van der Waals surface area contributed by atoms with Crippen molar-refractivity contribution >= 4 is 11.5 Å². The van der Waals surface area contributed by atoms with Crippen molar-refractivity contribution in [2.75, 3.05) is 43.6 Å². The van der Waals surface area contributed by atoms with Gasteiger partial charge in [0.05, 0.1) is 38.2 Å². The standard InChI is InChI=1S/C18H23N3O2/c1-14(16-5-3-4-6-17(16)22-2)20-18-8-7-15(13-19-18)21-9-11-23-12-10-21/h3-8,13-14H,9-12H2,1-2H3,(H,19,20)/t14-/m1/s1. The lowest BCUT2D eigenvalue weighted by Crippen LogP contribution is -2.36. The summed E-state index contributed by atoms with van der Waals surface area (Å²) in [4.78, 5) is 6.84. The second-order valence-electron chi connectivity index (χ2n) is 5.61. The van der Waals surface area contributed by atoms with Gasteiger partial charge in [0.25, 0.3) is 0 Å². The lowest BCUT2D eigenvalue weighted by atomic mass is 10.1. The molecule has 2 heterocycles. The zero-order valence-electron chi connectivity index (χ0n) is 13.7. The van der Waals surface area contributed by atoms with Crippen molar-refractivity contribution in [1.29, 1.82) is 0 Å². The molecular weight excluding hydrogens is 290 g/mol. The molecule has 122 valence electrons. The van der Waals surface area contributed by atoms with Crippen LogP contribution in [0.2, 0.25) is 0 Å². The molecule has 1 N–H and O–H groups in total. The van der Waals surface area contributed by atoms with Crippen LogP contribution in [0, 0.1) is 0 Å². The van der Waals surface area contributed by atoms with Crippen molar-refractivity contribution in [3.05, 3.63) is 48.2 Å². The first-order valence-electron chi connectivity index (χ1n) is 7.96.